The molecule has 2 heterocycles. The molecule has 1 N–H and O–H groups in total. The van der Waals surface area contributed by atoms with Crippen LogP contribution < -0.4 is 10.2 Å². The van der Waals surface area contributed by atoms with E-state index >= 15 is 0 Å². The first-order valence-electron chi connectivity index (χ1n) is 8.99. The molecule has 4 nitrogen and oxygen atoms in total. The average Bonchev–Trinajstić information content (AvgIpc) is 2.72. The van der Waals surface area contributed by atoms with E-state index in [1.807, 2.05) is 36.5 Å². The lowest BCUT2D eigenvalue weighted by molar-refractivity contribution is 0.0950. The van der Waals surface area contributed by atoms with E-state index in [9.17, 15) is 4.79 Å². The van der Waals surface area contributed by atoms with Crippen molar-refractivity contribution in [3.8, 4) is 0 Å². The van der Waals surface area contributed by atoms with Crippen molar-refractivity contribution in [3.05, 3.63) is 94.3 Å². The number of halogens is 1. The van der Waals surface area contributed by atoms with Gasteiger partial charge in [-0.3, -0.25) is 9.78 Å². The van der Waals surface area contributed by atoms with Crippen molar-refractivity contribution >= 4 is 23.2 Å². The lowest BCUT2D eigenvalue weighted by Crippen LogP contribution is -2.31. The summed E-state index contributed by atoms with van der Waals surface area (Å²) in [6, 6.07) is 17.9. The lowest BCUT2D eigenvalue weighted by atomic mass is 9.99. The molecule has 3 aromatic rings. The number of anilines is 1. The molecule has 2 aromatic carbocycles. The average molecular weight is 378 g/mol. The molecule has 1 amide bonds. The molecule has 0 saturated carbocycles. The van der Waals surface area contributed by atoms with Crippen LogP contribution in [0.4, 0.5) is 5.69 Å². The molecule has 0 bridgehead atoms. The fourth-order valence-electron chi connectivity index (χ4n) is 3.36. The first kappa shape index (κ1) is 17.6. The summed E-state index contributed by atoms with van der Waals surface area (Å²) in [5.74, 6) is -0.151. The minimum Gasteiger partial charge on any atom is -0.366 e. The molecule has 1 aromatic heterocycles. The van der Waals surface area contributed by atoms with E-state index in [4.69, 9.17) is 11.6 Å². The van der Waals surface area contributed by atoms with Gasteiger partial charge in [0.2, 0.25) is 0 Å². The van der Waals surface area contributed by atoms with E-state index in [1.54, 1.807) is 6.20 Å². The monoisotopic (exact) mass is 377 g/mol. The molecule has 0 radical (unpaired) electrons. The summed E-state index contributed by atoms with van der Waals surface area (Å²) in [4.78, 5) is 19.1. The number of nitrogens with zero attached hydrogens (tertiary/aromatic N) is 2. The Bertz CT molecular complexity index is 973. The smallest absolute Gasteiger partial charge is 0.253 e. The third-order valence-corrected chi connectivity index (χ3v) is 5.25. The molecule has 5 heteroatoms. The first-order chi connectivity index (χ1) is 13.2. The second-order valence-electron chi connectivity index (χ2n) is 6.65. The molecule has 0 fully saturated rings. The van der Waals surface area contributed by atoms with Crippen LogP contribution >= 0.6 is 11.6 Å². The predicted molar refractivity (Wildman–Crippen MR) is 108 cm³/mol. The maximum atomic E-state index is 12.5. The maximum absolute atomic E-state index is 12.5. The highest BCUT2D eigenvalue weighted by atomic mass is 35.5. The largest absolute Gasteiger partial charge is 0.366 e. The molecule has 1 aliphatic heterocycles. The Hall–Kier alpha value is -2.85. The number of rotatable bonds is 4. The third kappa shape index (κ3) is 3.96. The van der Waals surface area contributed by atoms with Gasteiger partial charge in [0.05, 0.1) is 17.4 Å². The van der Waals surface area contributed by atoms with Crippen LogP contribution in [0.3, 0.4) is 0 Å². The number of nitrogens with one attached hydrogen (secondary N) is 1. The van der Waals surface area contributed by atoms with E-state index in [1.165, 1.54) is 11.1 Å². The fraction of sp³-hybridized carbons (Fsp3) is 0.182. The van der Waals surface area contributed by atoms with Gasteiger partial charge in [-0.15, -0.1) is 0 Å². The van der Waals surface area contributed by atoms with Crippen molar-refractivity contribution in [2.24, 2.45) is 0 Å². The van der Waals surface area contributed by atoms with Crippen molar-refractivity contribution in [2.45, 2.75) is 19.5 Å². The summed E-state index contributed by atoms with van der Waals surface area (Å²) in [7, 11) is 0. The van der Waals surface area contributed by atoms with Gasteiger partial charge in [-0.2, -0.15) is 0 Å². The minimum absolute atomic E-state index is 0.151. The van der Waals surface area contributed by atoms with Crippen molar-refractivity contribution in [1.82, 2.24) is 10.3 Å². The second-order valence-corrected chi connectivity index (χ2v) is 7.05. The number of pyridine rings is 1. The van der Waals surface area contributed by atoms with Crippen molar-refractivity contribution in [1.29, 1.82) is 0 Å². The van der Waals surface area contributed by atoms with Crippen LogP contribution in [0.25, 0.3) is 0 Å². The molecule has 136 valence electrons. The number of carbonyl (C=O) groups is 1. The standard InChI is InChI=1S/C22H20ClN3O/c23-21-8-4-3-6-17(21)13-25-22(27)19-11-20(14-24-12-19)26-10-9-16-5-1-2-7-18(16)15-26/h1-8,11-12,14H,9-10,13,15H2,(H,25,27). The maximum Gasteiger partial charge on any atom is 0.253 e. The second kappa shape index (κ2) is 7.80. The Morgan fingerprint density at radius 1 is 1.07 bits per heavy atom. The van der Waals surface area contributed by atoms with Gasteiger partial charge in [-0.25, -0.2) is 0 Å². The number of aromatic nitrogens is 1. The van der Waals surface area contributed by atoms with Gasteiger partial charge in [0.1, 0.15) is 0 Å². The minimum atomic E-state index is -0.151. The highest BCUT2D eigenvalue weighted by Gasteiger charge is 2.17. The molecule has 27 heavy (non-hydrogen) atoms. The Kier molecular flexibility index (Phi) is 5.07. The molecule has 0 saturated heterocycles. The van der Waals surface area contributed by atoms with Gasteiger partial charge in [0.25, 0.3) is 5.91 Å². The lowest BCUT2D eigenvalue weighted by Gasteiger charge is -2.30. The summed E-state index contributed by atoms with van der Waals surface area (Å²) in [6.45, 7) is 2.14. The van der Waals surface area contributed by atoms with Crippen molar-refractivity contribution < 1.29 is 4.79 Å². The summed E-state index contributed by atoms with van der Waals surface area (Å²) in [6.07, 6.45) is 4.42. The van der Waals surface area contributed by atoms with Crippen LogP contribution in [0.15, 0.2) is 67.0 Å². The number of hydrogen-bond acceptors (Lipinski definition) is 3. The number of amides is 1. The predicted octanol–water partition coefficient (Wildman–Crippen LogP) is 4.23. The van der Waals surface area contributed by atoms with Gasteiger partial charge in [-0.1, -0.05) is 54.1 Å². The molecule has 1 aliphatic rings. The molecule has 0 aliphatic carbocycles. The van der Waals surface area contributed by atoms with Gasteiger partial charge in [0.15, 0.2) is 0 Å². The van der Waals surface area contributed by atoms with Crippen LogP contribution in [-0.4, -0.2) is 17.4 Å². The van der Waals surface area contributed by atoms with Crippen LogP contribution in [0.5, 0.6) is 0 Å². The molecule has 4 rings (SSSR count). The van der Waals surface area contributed by atoms with Gasteiger partial charge in [0, 0.05) is 30.9 Å². The first-order valence-corrected chi connectivity index (χ1v) is 9.37. The van der Waals surface area contributed by atoms with Gasteiger partial charge >= 0.3 is 0 Å². The van der Waals surface area contributed by atoms with Crippen molar-refractivity contribution in [3.63, 3.8) is 0 Å². The quantitative estimate of drug-likeness (QED) is 0.740. The highest BCUT2D eigenvalue weighted by molar-refractivity contribution is 6.31. The Morgan fingerprint density at radius 2 is 1.85 bits per heavy atom. The van der Waals surface area contributed by atoms with E-state index < -0.39 is 0 Å². The van der Waals surface area contributed by atoms with Crippen LogP contribution in [0.2, 0.25) is 5.02 Å². The Balaban J connectivity index is 1.46. The zero-order valence-electron chi connectivity index (χ0n) is 14.9. The Morgan fingerprint density at radius 3 is 2.70 bits per heavy atom. The highest BCUT2D eigenvalue weighted by Crippen LogP contribution is 2.24. The van der Waals surface area contributed by atoms with E-state index in [0.717, 1.165) is 30.8 Å². The number of carbonyl (C=O) groups excluding carboxylic acids is 1. The molecule has 0 unspecified atom stereocenters. The van der Waals surface area contributed by atoms with Crippen LogP contribution in [-0.2, 0) is 19.5 Å². The number of fused-ring (bicyclic) bond motifs is 1. The summed E-state index contributed by atoms with van der Waals surface area (Å²) in [5.41, 5.74) is 5.14. The van der Waals surface area contributed by atoms with Gasteiger partial charge < -0.3 is 10.2 Å². The zero-order chi connectivity index (χ0) is 18.6. The third-order valence-electron chi connectivity index (χ3n) is 4.88. The number of hydrogen-bond donors (Lipinski definition) is 1. The van der Waals surface area contributed by atoms with E-state index in [2.05, 4.69) is 39.5 Å². The van der Waals surface area contributed by atoms with E-state index in [-0.39, 0.29) is 5.91 Å². The summed E-state index contributed by atoms with van der Waals surface area (Å²) < 4.78 is 0. The van der Waals surface area contributed by atoms with Crippen LogP contribution in [0.1, 0.15) is 27.0 Å². The molecular formula is C22H20ClN3O. The zero-order valence-corrected chi connectivity index (χ0v) is 15.6. The fourth-order valence-corrected chi connectivity index (χ4v) is 3.56. The van der Waals surface area contributed by atoms with Crippen molar-refractivity contribution in [2.75, 3.05) is 11.4 Å². The number of benzene rings is 2. The van der Waals surface area contributed by atoms with Crippen LogP contribution in [0, 0.1) is 0 Å². The SMILES string of the molecule is O=C(NCc1ccccc1Cl)c1cncc(N2CCc3ccccc3C2)c1. The summed E-state index contributed by atoms with van der Waals surface area (Å²) >= 11 is 6.15. The van der Waals surface area contributed by atoms with E-state index in [0.29, 0.717) is 17.1 Å². The normalized spacial score (nSPS) is 13.1. The molecular weight excluding hydrogens is 358 g/mol. The Labute approximate surface area is 163 Å². The topological polar surface area (TPSA) is 45.2 Å². The molecule has 0 spiro atoms. The molecule has 0 atom stereocenters. The van der Waals surface area contributed by atoms with Gasteiger partial charge in [-0.05, 0) is 35.2 Å². The summed E-state index contributed by atoms with van der Waals surface area (Å²) in [5, 5.41) is 3.57.